The molecular formula is C20H23ClN2O5S. The lowest BCUT2D eigenvalue weighted by Gasteiger charge is -2.19. The Hall–Kier alpha value is -2.58. The number of hydrogen-bond acceptors (Lipinski definition) is 6. The fourth-order valence-corrected chi connectivity index (χ4v) is 3.59. The molecule has 2 amide bonds. The molecule has 156 valence electrons. The number of nitrogens with one attached hydrogen (secondary N) is 2. The summed E-state index contributed by atoms with van der Waals surface area (Å²) in [6.45, 7) is 8.64. The number of benzene rings is 1. The fourth-order valence-electron chi connectivity index (χ4n) is 2.38. The molecule has 0 aliphatic rings. The van der Waals surface area contributed by atoms with Gasteiger partial charge in [0.25, 0.3) is 5.91 Å². The Balaban J connectivity index is 2.35. The SMILES string of the molecule is CCOC(=O)c1c(NC(=O)OC(C)(C)C)sc(C(=O)Nc2ccc(Cl)cc2)c1C. The maximum absolute atomic E-state index is 12.8. The molecule has 1 heterocycles. The summed E-state index contributed by atoms with van der Waals surface area (Å²) in [4.78, 5) is 37.6. The molecule has 0 bridgehead atoms. The van der Waals surface area contributed by atoms with Gasteiger partial charge in [-0.3, -0.25) is 10.1 Å². The molecule has 9 heteroatoms. The molecule has 0 spiro atoms. The zero-order chi connectivity index (χ0) is 21.8. The Labute approximate surface area is 178 Å². The summed E-state index contributed by atoms with van der Waals surface area (Å²) in [5.74, 6) is -1.05. The molecule has 0 fully saturated rings. The van der Waals surface area contributed by atoms with E-state index in [9.17, 15) is 14.4 Å². The third kappa shape index (κ3) is 6.20. The lowest BCUT2D eigenvalue weighted by atomic mass is 10.1. The van der Waals surface area contributed by atoms with E-state index >= 15 is 0 Å². The number of halogens is 1. The first-order valence-electron chi connectivity index (χ1n) is 8.89. The molecule has 2 aromatic rings. The van der Waals surface area contributed by atoms with E-state index in [2.05, 4.69) is 10.6 Å². The van der Waals surface area contributed by atoms with E-state index in [0.29, 0.717) is 16.3 Å². The minimum absolute atomic E-state index is 0.129. The molecule has 0 saturated carbocycles. The second kappa shape index (κ2) is 9.28. The molecule has 29 heavy (non-hydrogen) atoms. The average molecular weight is 439 g/mol. The van der Waals surface area contributed by atoms with Crippen molar-refractivity contribution in [2.75, 3.05) is 17.2 Å². The highest BCUT2D eigenvalue weighted by molar-refractivity contribution is 7.18. The normalized spacial score (nSPS) is 11.0. The van der Waals surface area contributed by atoms with Crippen molar-refractivity contribution in [3.8, 4) is 0 Å². The molecule has 0 radical (unpaired) electrons. The van der Waals surface area contributed by atoms with Crippen LogP contribution in [0.5, 0.6) is 0 Å². The van der Waals surface area contributed by atoms with E-state index in [4.69, 9.17) is 21.1 Å². The van der Waals surface area contributed by atoms with E-state index in [1.165, 1.54) is 0 Å². The van der Waals surface area contributed by atoms with E-state index in [-0.39, 0.29) is 22.0 Å². The van der Waals surface area contributed by atoms with Crippen LogP contribution in [0.1, 0.15) is 53.3 Å². The van der Waals surface area contributed by atoms with Crippen LogP contribution in [-0.2, 0) is 9.47 Å². The van der Waals surface area contributed by atoms with Gasteiger partial charge in [-0.1, -0.05) is 11.6 Å². The molecule has 7 nitrogen and oxygen atoms in total. The largest absolute Gasteiger partial charge is 0.462 e. The minimum atomic E-state index is -0.728. The first-order valence-corrected chi connectivity index (χ1v) is 10.1. The van der Waals surface area contributed by atoms with Crippen molar-refractivity contribution < 1.29 is 23.9 Å². The van der Waals surface area contributed by atoms with Crippen LogP contribution in [0.15, 0.2) is 24.3 Å². The van der Waals surface area contributed by atoms with E-state index in [1.54, 1.807) is 58.9 Å². The number of thiophene rings is 1. The second-order valence-corrected chi connectivity index (χ2v) is 8.53. The van der Waals surface area contributed by atoms with Gasteiger partial charge >= 0.3 is 12.1 Å². The van der Waals surface area contributed by atoms with Gasteiger partial charge < -0.3 is 14.8 Å². The Morgan fingerprint density at radius 1 is 1.10 bits per heavy atom. The average Bonchev–Trinajstić information content (AvgIpc) is 2.91. The first kappa shape index (κ1) is 22.7. The summed E-state index contributed by atoms with van der Waals surface area (Å²) in [7, 11) is 0. The van der Waals surface area contributed by atoms with Crippen LogP contribution in [0.25, 0.3) is 0 Å². The summed E-state index contributed by atoms with van der Waals surface area (Å²) >= 11 is 6.83. The van der Waals surface area contributed by atoms with Crippen LogP contribution in [0.4, 0.5) is 15.5 Å². The molecule has 0 atom stereocenters. The molecule has 0 aliphatic carbocycles. The van der Waals surface area contributed by atoms with Crippen LogP contribution in [0.3, 0.4) is 0 Å². The summed E-state index contributed by atoms with van der Waals surface area (Å²) in [5, 5.41) is 6.04. The van der Waals surface area contributed by atoms with Crippen molar-refractivity contribution in [1.82, 2.24) is 0 Å². The number of hydrogen-bond donors (Lipinski definition) is 2. The quantitative estimate of drug-likeness (QED) is 0.602. The summed E-state index contributed by atoms with van der Waals surface area (Å²) in [6, 6.07) is 6.63. The van der Waals surface area contributed by atoms with Crippen molar-refractivity contribution in [3.05, 3.63) is 45.3 Å². The Morgan fingerprint density at radius 3 is 2.28 bits per heavy atom. The van der Waals surface area contributed by atoms with Gasteiger partial charge in [0.05, 0.1) is 17.0 Å². The molecular weight excluding hydrogens is 416 g/mol. The van der Waals surface area contributed by atoms with E-state index in [1.807, 2.05) is 0 Å². The highest BCUT2D eigenvalue weighted by Crippen LogP contribution is 2.34. The van der Waals surface area contributed by atoms with Crippen LogP contribution in [0, 0.1) is 6.92 Å². The first-order chi connectivity index (χ1) is 13.5. The maximum Gasteiger partial charge on any atom is 0.412 e. The smallest absolute Gasteiger partial charge is 0.412 e. The number of rotatable bonds is 5. The molecule has 0 saturated heterocycles. The zero-order valence-corrected chi connectivity index (χ0v) is 18.4. The van der Waals surface area contributed by atoms with Crippen molar-refractivity contribution in [2.45, 2.75) is 40.2 Å². The lowest BCUT2D eigenvalue weighted by Crippen LogP contribution is -2.27. The zero-order valence-electron chi connectivity index (χ0n) is 16.8. The van der Waals surface area contributed by atoms with Crippen molar-refractivity contribution in [1.29, 1.82) is 0 Å². The summed E-state index contributed by atoms with van der Waals surface area (Å²) in [5.41, 5.74) is 0.372. The van der Waals surface area contributed by atoms with Crippen LogP contribution < -0.4 is 10.6 Å². The van der Waals surface area contributed by atoms with E-state index in [0.717, 1.165) is 11.3 Å². The highest BCUT2D eigenvalue weighted by Gasteiger charge is 2.28. The van der Waals surface area contributed by atoms with Gasteiger partial charge in [-0.05, 0) is 64.4 Å². The predicted molar refractivity (Wildman–Crippen MR) is 114 cm³/mol. The van der Waals surface area contributed by atoms with Crippen molar-refractivity contribution in [3.63, 3.8) is 0 Å². The van der Waals surface area contributed by atoms with Crippen LogP contribution >= 0.6 is 22.9 Å². The summed E-state index contributed by atoms with van der Waals surface area (Å²) < 4.78 is 10.3. The standard InChI is InChI=1S/C20H23ClN2O5S/c1-6-27-18(25)14-11(2)15(16(24)22-13-9-7-12(21)8-10-13)29-17(14)23-19(26)28-20(3,4)5/h7-10H,6H2,1-5H3,(H,22,24)(H,23,26). The lowest BCUT2D eigenvalue weighted by molar-refractivity contribution is 0.0527. The minimum Gasteiger partial charge on any atom is -0.462 e. The molecule has 1 aromatic heterocycles. The van der Waals surface area contributed by atoms with Crippen molar-refractivity contribution >= 4 is 51.6 Å². The van der Waals surface area contributed by atoms with Gasteiger partial charge in [0.2, 0.25) is 0 Å². The molecule has 2 N–H and O–H groups in total. The Kier molecular flexibility index (Phi) is 7.26. The molecule has 1 aromatic carbocycles. The van der Waals surface area contributed by atoms with Gasteiger partial charge in [-0.2, -0.15) is 0 Å². The van der Waals surface area contributed by atoms with Crippen molar-refractivity contribution in [2.24, 2.45) is 0 Å². The summed E-state index contributed by atoms with van der Waals surface area (Å²) in [6.07, 6.45) is -0.728. The van der Waals surface area contributed by atoms with Gasteiger partial charge in [0.1, 0.15) is 10.6 Å². The van der Waals surface area contributed by atoms with Gasteiger partial charge in [0, 0.05) is 10.7 Å². The molecule has 0 aliphatic heterocycles. The van der Waals surface area contributed by atoms with Gasteiger partial charge in [0.15, 0.2) is 0 Å². The number of anilines is 2. The maximum atomic E-state index is 12.8. The number of esters is 1. The number of carbonyl (C=O) groups excluding carboxylic acids is 3. The Bertz CT molecular complexity index is 916. The van der Waals surface area contributed by atoms with Crippen LogP contribution in [0.2, 0.25) is 5.02 Å². The van der Waals surface area contributed by atoms with Gasteiger partial charge in [-0.15, -0.1) is 11.3 Å². The molecule has 2 rings (SSSR count). The monoisotopic (exact) mass is 438 g/mol. The third-order valence-electron chi connectivity index (χ3n) is 3.55. The predicted octanol–water partition coefficient (Wildman–Crippen LogP) is 5.49. The number of amides is 2. The second-order valence-electron chi connectivity index (χ2n) is 7.07. The highest BCUT2D eigenvalue weighted by atomic mass is 35.5. The topological polar surface area (TPSA) is 93.7 Å². The fraction of sp³-hybridized carbons (Fsp3) is 0.350. The van der Waals surface area contributed by atoms with Gasteiger partial charge in [-0.25, -0.2) is 9.59 Å². The van der Waals surface area contributed by atoms with E-state index < -0.39 is 23.6 Å². The Morgan fingerprint density at radius 2 is 1.72 bits per heavy atom. The molecule has 0 unspecified atom stereocenters. The third-order valence-corrected chi connectivity index (χ3v) is 5.01. The number of ether oxygens (including phenoxy) is 2. The number of carbonyl (C=O) groups is 3. The van der Waals surface area contributed by atoms with Crippen LogP contribution in [-0.4, -0.2) is 30.2 Å².